The van der Waals surface area contributed by atoms with Crippen LogP contribution in [0.1, 0.15) is 38.2 Å². The molecule has 116 valence electrons. The molecule has 0 bridgehead atoms. The largest absolute Gasteiger partial charge is 0.493 e. The molecule has 0 aromatic heterocycles. The van der Waals surface area contributed by atoms with Gasteiger partial charge in [0.25, 0.3) is 0 Å². The van der Waals surface area contributed by atoms with Gasteiger partial charge in [-0.1, -0.05) is 6.07 Å². The second kappa shape index (κ2) is 7.91. The lowest BCUT2D eigenvalue weighted by molar-refractivity contribution is -0.132. The smallest absolute Gasteiger partial charge is 0.222 e. The summed E-state index contributed by atoms with van der Waals surface area (Å²) in [7, 11) is 1.64. The zero-order valence-electron chi connectivity index (χ0n) is 13.1. The topological polar surface area (TPSA) is 38.8 Å². The van der Waals surface area contributed by atoms with Crippen molar-refractivity contribution in [2.45, 2.75) is 39.0 Å². The molecule has 1 aliphatic heterocycles. The van der Waals surface area contributed by atoms with Crippen LogP contribution in [0, 0.1) is 0 Å². The third kappa shape index (κ3) is 4.38. The van der Waals surface area contributed by atoms with Crippen molar-refractivity contribution in [1.82, 2.24) is 4.90 Å². The highest BCUT2D eigenvalue weighted by molar-refractivity contribution is 5.76. The van der Waals surface area contributed by atoms with E-state index in [0.717, 1.165) is 49.4 Å². The quantitative estimate of drug-likeness (QED) is 0.808. The van der Waals surface area contributed by atoms with Gasteiger partial charge in [-0.3, -0.25) is 4.79 Å². The Morgan fingerprint density at radius 2 is 1.95 bits per heavy atom. The molecular formula is C17H25NO3. The molecule has 0 saturated carbocycles. The van der Waals surface area contributed by atoms with Gasteiger partial charge in [-0.25, -0.2) is 0 Å². The highest BCUT2D eigenvalue weighted by Crippen LogP contribution is 2.28. The second-order valence-electron chi connectivity index (χ2n) is 5.36. The first-order chi connectivity index (χ1) is 10.2. The summed E-state index contributed by atoms with van der Waals surface area (Å²) in [6.45, 7) is 4.40. The zero-order valence-corrected chi connectivity index (χ0v) is 13.1. The van der Waals surface area contributed by atoms with Crippen molar-refractivity contribution in [2.24, 2.45) is 0 Å². The number of amides is 1. The molecule has 1 fully saturated rings. The summed E-state index contributed by atoms with van der Waals surface area (Å²) in [5, 5.41) is 0. The number of ether oxygens (including phenoxy) is 2. The predicted molar refractivity (Wildman–Crippen MR) is 82.9 cm³/mol. The monoisotopic (exact) mass is 291 g/mol. The van der Waals surface area contributed by atoms with Crippen LogP contribution in [-0.2, 0) is 11.2 Å². The van der Waals surface area contributed by atoms with Gasteiger partial charge >= 0.3 is 0 Å². The molecule has 1 saturated heterocycles. The summed E-state index contributed by atoms with van der Waals surface area (Å²) in [4.78, 5) is 14.2. The van der Waals surface area contributed by atoms with Crippen LogP contribution in [0.5, 0.6) is 11.5 Å². The first kappa shape index (κ1) is 15.7. The Kier molecular flexibility index (Phi) is 5.90. The van der Waals surface area contributed by atoms with Crippen molar-refractivity contribution < 1.29 is 14.3 Å². The standard InChI is InChI=1S/C17H25NO3/c1-3-21-16-13-14(7-9-15(16)20-2)8-10-17(19)18-11-5-4-6-12-18/h7,9,13H,3-6,8,10-12H2,1-2H3. The maximum atomic E-state index is 12.2. The van der Waals surface area contributed by atoms with Gasteiger partial charge in [0.2, 0.25) is 5.91 Å². The molecule has 21 heavy (non-hydrogen) atoms. The molecule has 1 heterocycles. The van der Waals surface area contributed by atoms with Crippen LogP contribution in [0.4, 0.5) is 0 Å². The lowest BCUT2D eigenvalue weighted by Gasteiger charge is -2.26. The molecule has 0 radical (unpaired) electrons. The Morgan fingerprint density at radius 1 is 1.19 bits per heavy atom. The molecule has 4 nitrogen and oxygen atoms in total. The number of benzene rings is 1. The van der Waals surface area contributed by atoms with E-state index in [-0.39, 0.29) is 5.91 Å². The van der Waals surface area contributed by atoms with Crippen LogP contribution >= 0.6 is 0 Å². The Labute approximate surface area is 127 Å². The minimum absolute atomic E-state index is 0.267. The van der Waals surface area contributed by atoms with Gasteiger partial charge in [0.1, 0.15) is 0 Å². The molecule has 0 unspecified atom stereocenters. The van der Waals surface area contributed by atoms with Crippen LogP contribution in [-0.4, -0.2) is 37.6 Å². The Hall–Kier alpha value is -1.71. The molecule has 0 N–H and O–H groups in total. The Bertz CT molecular complexity index is 467. The van der Waals surface area contributed by atoms with Crippen molar-refractivity contribution in [3.8, 4) is 11.5 Å². The first-order valence-electron chi connectivity index (χ1n) is 7.82. The van der Waals surface area contributed by atoms with Gasteiger partial charge in [-0.15, -0.1) is 0 Å². The first-order valence-corrected chi connectivity index (χ1v) is 7.82. The second-order valence-corrected chi connectivity index (χ2v) is 5.36. The minimum atomic E-state index is 0.267. The molecule has 0 atom stereocenters. The number of carbonyl (C=O) groups excluding carboxylic acids is 1. The summed E-state index contributed by atoms with van der Waals surface area (Å²) in [6, 6.07) is 5.89. The van der Waals surface area contributed by atoms with E-state index in [1.807, 2.05) is 30.0 Å². The average molecular weight is 291 g/mol. The van der Waals surface area contributed by atoms with Gasteiger partial charge in [-0.05, 0) is 50.3 Å². The van der Waals surface area contributed by atoms with E-state index in [0.29, 0.717) is 13.0 Å². The number of nitrogens with zero attached hydrogens (tertiary/aromatic N) is 1. The fourth-order valence-electron chi connectivity index (χ4n) is 2.70. The summed E-state index contributed by atoms with van der Waals surface area (Å²) in [5.41, 5.74) is 1.12. The molecule has 2 rings (SSSR count). The van der Waals surface area contributed by atoms with Crippen LogP contribution < -0.4 is 9.47 Å². The Balaban J connectivity index is 1.92. The molecule has 1 aromatic carbocycles. The molecule has 1 aliphatic rings. The number of carbonyl (C=O) groups is 1. The molecule has 0 aliphatic carbocycles. The highest BCUT2D eigenvalue weighted by atomic mass is 16.5. The van der Waals surface area contributed by atoms with E-state index in [1.54, 1.807) is 7.11 Å². The molecule has 0 spiro atoms. The lowest BCUT2D eigenvalue weighted by Crippen LogP contribution is -2.35. The maximum Gasteiger partial charge on any atom is 0.222 e. The van der Waals surface area contributed by atoms with Crippen LogP contribution in [0.25, 0.3) is 0 Å². The molecule has 1 amide bonds. The van der Waals surface area contributed by atoms with Crippen molar-refractivity contribution in [2.75, 3.05) is 26.8 Å². The number of hydrogen-bond donors (Lipinski definition) is 0. The summed E-state index contributed by atoms with van der Waals surface area (Å²) < 4.78 is 10.8. The van der Waals surface area contributed by atoms with Gasteiger partial charge in [-0.2, -0.15) is 0 Å². The van der Waals surface area contributed by atoms with Gasteiger partial charge in [0, 0.05) is 19.5 Å². The number of aryl methyl sites for hydroxylation is 1. The molecular weight excluding hydrogens is 266 g/mol. The predicted octanol–water partition coefficient (Wildman–Crippen LogP) is 3.04. The lowest BCUT2D eigenvalue weighted by atomic mass is 10.1. The van der Waals surface area contributed by atoms with Crippen molar-refractivity contribution in [3.63, 3.8) is 0 Å². The van der Waals surface area contributed by atoms with Gasteiger partial charge in [0.05, 0.1) is 13.7 Å². The Morgan fingerprint density at radius 3 is 2.62 bits per heavy atom. The van der Waals surface area contributed by atoms with Crippen LogP contribution in [0.2, 0.25) is 0 Å². The summed E-state index contributed by atoms with van der Waals surface area (Å²) in [6.07, 6.45) is 4.85. The van der Waals surface area contributed by atoms with E-state index in [4.69, 9.17) is 9.47 Å². The number of hydrogen-bond acceptors (Lipinski definition) is 3. The van der Waals surface area contributed by atoms with Crippen molar-refractivity contribution >= 4 is 5.91 Å². The van der Waals surface area contributed by atoms with E-state index in [1.165, 1.54) is 6.42 Å². The van der Waals surface area contributed by atoms with Crippen molar-refractivity contribution in [1.29, 1.82) is 0 Å². The SMILES string of the molecule is CCOc1cc(CCC(=O)N2CCCCC2)ccc1OC. The summed E-state index contributed by atoms with van der Waals surface area (Å²) >= 11 is 0. The molecule has 1 aromatic rings. The third-order valence-electron chi connectivity index (χ3n) is 3.86. The van der Waals surface area contributed by atoms with E-state index in [9.17, 15) is 4.79 Å². The number of rotatable bonds is 6. The van der Waals surface area contributed by atoms with Crippen molar-refractivity contribution in [3.05, 3.63) is 23.8 Å². The van der Waals surface area contributed by atoms with Gasteiger partial charge in [0.15, 0.2) is 11.5 Å². The number of likely N-dealkylation sites (tertiary alicyclic amines) is 1. The van der Waals surface area contributed by atoms with E-state index >= 15 is 0 Å². The van der Waals surface area contributed by atoms with E-state index in [2.05, 4.69) is 0 Å². The minimum Gasteiger partial charge on any atom is -0.493 e. The summed E-state index contributed by atoms with van der Waals surface area (Å²) in [5.74, 6) is 1.76. The molecule has 4 heteroatoms. The van der Waals surface area contributed by atoms with E-state index < -0.39 is 0 Å². The van der Waals surface area contributed by atoms with Gasteiger partial charge < -0.3 is 14.4 Å². The zero-order chi connectivity index (χ0) is 15.1. The fourth-order valence-corrected chi connectivity index (χ4v) is 2.70. The van der Waals surface area contributed by atoms with Crippen LogP contribution in [0.3, 0.4) is 0 Å². The highest BCUT2D eigenvalue weighted by Gasteiger charge is 2.16. The van der Waals surface area contributed by atoms with Crippen LogP contribution in [0.15, 0.2) is 18.2 Å². The number of methoxy groups -OCH3 is 1. The average Bonchev–Trinajstić information content (AvgIpc) is 2.54. The third-order valence-corrected chi connectivity index (χ3v) is 3.86. The number of piperidine rings is 1. The maximum absolute atomic E-state index is 12.2. The fraction of sp³-hybridized carbons (Fsp3) is 0.588. The normalized spacial score (nSPS) is 14.9.